The van der Waals surface area contributed by atoms with E-state index in [-0.39, 0.29) is 17.9 Å². The molecule has 4 atom stereocenters. The summed E-state index contributed by atoms with van der Waals surface area (Å²) >= 11 is 0. The Morgan fingerprint density at radius 1 is 1.55 bits per heavy atom. The molecular formula is C13H18N4O3. The van der Waals surface area contributed by atoms with Gasteiger partial charge in [-0.25, -0.2) is 4.79 Å². The van der Waals surface area contributed by atoms with Crippen molar-refractivity contribution in [3.05, 3.63) is 18.0 Å². The van der Waals surface area contributed by atoms with Gasteiger partial charge in [0.05, 0.1) is 12.1 Å². The van der Waals surface area contributed by atoms with E-state index in [9.17, 15) is 14.7 Å². The number of rotatable bonds is 4. The predicted octanol–water partition coefficient (Wildman–Crippen LogP) is -0.197. The van der Waals surface area contributed by atoms with Gasteiger partial charge in [-0.15, -0.1) is 0 Å². The second kappa shape index (κ2) is 4.90. The summed E-state index contributed by atoms with van der Waals surface area (Å²) in [6.07, 6.45) is 5.99. The molecule has 0 saturated carbocycles. The molecule has 1 aromatic heterocycles. The maximum Gasteiger partial charge on any atom is 0.331 e. The minimum Gasteiger partial charge on any atom is -0.479 e. The fourth-order valence-electron chi connectivity index (χ4n) is 3.24. The van der Waals surface area contributed by atoms with Crippen LogP contribution in [0, 0.1) is 5.92 Å². The molecule has 2 aliphatic rings. The summed E-state index contributed by atoms with van der Waals surface area (Å²) in [7, 11) is 1.71. The van der Waals surface area contributed by atoms with E-state index < -0.39 is 12.0 Å². The molecule has 7 heteroatoms. The summed E-state index contributed by atoms with van der Waals surface area (Å²) in [6, 6.07) is -0.420. The number of nitrogens with zero attached hydrogens (tertiary/aromatic N) is 2. The first-order chi connectivity index (χ1) is 9.54. The molecule has 108 valence electrons. The number of carbonyl (C=O) groups is 2. The summed E-state index contributed by atoms with van der Waals surface area (Å²) in [5, 5.41) is 19.3. The molecule has 2 saturated heterocycles. The smallest absolute Gasteiger partial charge is 0.331 e. The van der Waals surface area contributed by atoms with Crippen LogP contribution in [-0.2, 0) is 16.6 Å². The molecule has 2 bridgehead atoms. The van der Waals surface area contributed by atoms with Gasteiger partial charge < -0.3 is 15.7 Å². The Labute approximate surface area is 116 Å². The molecule has 4 unspecified atom stereocenters. The number of fused-ring (bicyclic) bond motifs is 2. The highest BCUT2D eigenvalue weighted by Crippen LogP contribution is 2.33. The first kappa shape index (κ1) is 13.1. The fourth-order valence-corrected chi connectivity index (χ4v) is 3.24. The molecule has 0 aromatic carbocycles. The van der Waals surface area contributed by atoms with E-state index in [0.717, 1.165) is 19.3 Å². The van der Waals surface area contributed by atoms with Gasteiger partial charge in [0.1, 0.15) is 0 Å². The van der Waals surface area contributed by atoms with Crippen LogP contribution in [-0.4, -0.2) is 38.8 Å². The third kappa shape index (κ3) is 2.29. The zero-order valence-electron chi connectivity index (χ0n) is 11.2. The molecule has 1 aromatic rings. The maximum atomic E-state index is 12.3. The number of hydrogen-bond donors (Lipinski definition) is 3. The van der Waals surface area contributed by atoms with Crippen molar-refractivity contribution in [3.8, 4) is 0 Å². The molecular weight excluding hydrogens is 260 g/mol. The summed E-state index contributed by atoms with van der Waals surface area (Å²) in [4.78, 5) is 23.6. The Balaban J connectivity index is 1.70. The van der Waals surface area contributed by atoms with Crippen LogP contribution in [0.3, 0.4) is 0 Å². The number of carbonyl (C=O) groups excluding carboxylic acids is 1. The average molecular weight is 278 g/mol. The zero-order valence-corrected chi connectivity index (χ0v) is 11.2. The largest absolute Gasteiger partial charge is 0.479 e. The molecule has 3 heterocycles. The number of amides is 1. The van der Waals surface area contributed by atoms with Gasteiger partial charge in [-0.05, 0) is 19.3 Å². The molecule has 2 fully saturated rings. The van der Waals surface area contributed by atoms with Crippen LogP contribution in [0.4, 0.5) is 0 Å². The van der Waals surface area contributed by atoms with E-state index in [4.69, 9.17) is 0 Å². The number of carboxylic acid groups (broad SMARTS) is 1. The van der Waals surface area contributed by atoms with Gasteiger partial charge in [-0.2, -0.15) is 5.10 Å². The molecule has 3 rings (SSSR count). The number of hydrogen-bond acceptors (Lipinski definition) is 4. The average Bonchev–Trinajstić information content (AvgIpc) is 3.10. The van der Waals surface area contributed by atoms with Crippen LogP contribution in [0.5, 0.6) is 0 Å². The van der Waals surface area contributed by atoms with Crippen molar-refractivity contribution in [2.24, 2.45) is 13.0 Å². The summed E-state index contributed by atoms with van der Waals surface area (Å²) in [5.41, 5.74) is 0.490. The highest BCUT2D eigenvalue weighted by atomic mass is 16.4. The molecule has 7 nitrogen and oxygen atoms in total. The Hall–Kier alpha value is -1.89. The SMILES string of the molecule is Cn1cc(C(NC(=O)C2CC3CCC2N3)C(=O)O)cn1. The molecule has 3 N–H and O–H groups in total. The first-order valence-electron chi connectivity index (χ1n) is 6.82. The van der Waals surface area contributed by atoms with Gasteiger partial charge in [0.25, 0.3) is 0 Å². The van der Waals surface area contributed by atoms with Crippen LogP contribution in [0.25, 0.3) is 0 Å². The van der Waals surface area contributed by atoms with E-state index in [1.807, 2.05) is 0 Å². The van der Waals surface area contributed by atoms with Crippen molar-refractivity contribution in [2.45, 2.75) is 37.4 Å². The lowest BCUT2D eigenvalue weighted by atomic mass is 9.88. The molecule has 1 amide bonds. The standard InChI is InChI=1S/C13H18N4O3/c1-17-6-7(5-14-17)11(13(19)20)16-12(18)9-4-8-2-3-10(9)15-8/h5-6,8-11,15H,2-4H2,1H3,(H,16,18)(H,19,20). The van der Waals surface area contributed by atoms with E-state index in [0.29, 0.717) is 11.6 Å². The molecule has 0 radical (unpaired) electrons. The van der Waals surface area contributed by atoms with Crippen LogP contribution in [0.2, 0.25) is 0 Å². The normalized spacial score (nSPS) is 29.4. The minimum absolute atomic E-state index is 0.118. The van der Waals surface area contributed by atoms with E-state index in [1.165, 1.54) is 10.9 Å². The molecule has 2 aliphatic heterocycles. The predicted molar refractivity (Wildman–Crippen MR) is 69.8 cm³/mol. The van der Waals surface area contributed by atoms with Crippen LogP contribution < -0.4 is 10.6 Å². The number of nitrogens with one attached hydrogen (secondary N) is 2. The van der Waals surface area contributed by atoms with Gasteiger partial charge in [0.15, 0.2) is 6.04 Å². The van der Waals surface area contributed by atoms with Gasteiger partial charge in [0, 0.05) is 30.9 Å². The molecule has 0 spiro atoms. The summed E-state index contributed by atoms with van der Waals surface area (Å²) in [5.74, 6) is -1.37. The zero-order chi connectivity index (χ0) is 14.3. The highest BCUT2D eigenvalue weighted by molar-refractivity contribution is 5.86. The van der Waals surface area contributed by atoms with Gasteiger partial charge in [0.2, 0.25) is 5.91 Å². The highest BCUT2D eigenvalue weighted by Gasteiger charge is 2.43. The lowest BCUT2D eigenvalue weighted by Gasteiger charge is -2.21. The first-order valence-corrected chi connectivity index (χ1v) is 6.82. The minimum atomic E-state index is -1.07. The third-order valence-electron chi connectivity index (χ3n) is 4.23. The van der Waals surface area contributed by atoms with Crippen molar-refractivity contribution in [1.82, 2.24) is 20.4 Å². The van der Waals surface area contributed by atoms with Crippen LogP contribution in [0.1, 0.15) is 30.9 Å². The van der Waals surface area contributed by atoms with Crippen LogP contribution in [0.15, 0.2) is 12.4 Å². The maximum absolute atomic E-state index is 12.3. The Morgan fingerprint density at radius 3 is 2.85 bits per heavy atom. The number of carboxylic acids is 1. The second-order valence-corrected chi connectivity index (χ2v) is 5.62. The van der Waals surface area contributed by atoms with Crippen molar-refractivity contribution in [2.75, 3.05) is 0 Å². The quantitative estimate of drug-likeness (QED) is 0.709. The molecule has 0 aliphatic carbocycles. The number of aryl methyl sites for hydroxylation is 1. The lowest BCUT2D eigenvalue weighted by molar-refractivity contribution is -0.142. The Bertz CT molecular complexity index is 541. The Morgan fingerprint density at radius 2 is 2.35 bits per heavy atom. The van der Waals surface area contributed by atoms with Crippen molar-refractivity contribution in [3.63, 3.8) is 0 Å². The lowest BCUT2D eigenvalue weighted by Crippen LogP contribution is -2.41. The molecule has 20 heavy (non-hydrogen) atoms. The van der Waals surface area contributed by atoms with E-state index >= 15 is 0 Å². The Kier molecular flexibility index (Phi) is 3.21. The summed E-state index contributed by atoms with van der Waals surface area (Å²) < 4.78 is 1.52. The van der Waals surface area contributed by atoms with Gasteiger partial charge in [-0.1, -0.05) is 0 Å². The third-order valence-corrected chi connectivity index (χ3v) is 4.23. The summed E-state index contributed by atoms with van der Waals surface area (Å²) in [6.45, 7) is 0. The van der Waals surface area contributed by atoms with Crippen molar-refractivity contribution in [1.29, 1.82) is 0 Å². The topological polar surface area (TPSA) is 96.2 Å². The number of aliphatic carboxylic acids is 1. The van der Waals surface area contributed by atoms with E-state index in [1.54, 1.807) is 13.2 Å². The van der Waals surface area contributed by atoms with Crippen LogP contribution >= 0.6 is 0 Å². The second-order valence-electron chi connectivity index (χ2n) is 5.62. The number of aromatic nitrogens is 2. The van der Waals surface area contributed by atoms with Crippen molar-refractivity contribution < 1.29 is 14.7 Å². The fraction of sp³-hybridized carbons (Fsp3) is 0.615. The van der Waals surface area contributed by atoms with E-state index in [2.05, 4.69) is 15.7 Å². The van der Waals surface area contributed by atoms with Crippen molar-refractivity contribution >= 4 is 11.9 Å². The monoisotopic (exact) mass is 278 g/mol. The van der Waals surface area contributed by atoms with Gasteiger partial charge in [-0.3, -0.25) is 9.48 Å². The van der Waals surface area contributed by atoms with Gasteiger partial charge >= 0.3 is 5.97 Å².